The Labute approximate surface area is 320 Å². The first-order chi connectivity index (χ1) is 25.6. The average Bonchev–Trinajstić information content (AvgIpc) is 3.65. The molecule has 0 bridgehead atoms. The number of rotatable bonds is 21. The van der Waals surface area contributed by atoms with Crippen LogP contribution in [-0.4, -0.2) is 124 Å². The summed E-state index contributed by atoms with van der Waals surface area (Å²) in [4.78, 5) is 84.2. The van der Waals surface area contributed by atoms with Crippen LogP contribution in [0, 0.1) is 5.41 Å². The van der Waals surface area contributed by atoms with Crippen LogP contribution in [0.1, 0.15) is 46.3 Å². The molecule has 3 rings (SSSR count). The molecule has 312 valence electrons. The minimum atomic E-state index is -5.54. The molecule has 2 aromatic heterocycles. The third-order valence-electron chi connectivity index (χ3n) is 7.18. The maximum Gasteiger partial charge on any atom is 0.481 e. The highest BCUT2D eigenvalue weighted by molar-refractivity contribution is 7.80. The fraction of sp³-hybridized carbons (Fsp3) is 0.630. The number of nitrogens with two attached hydrogens (primary N) is 1. The van der Waals surface area contributed by atoms with Gasteiger partial charge in [-0.15, -0.1) is 0 Å². The minimum absolute atomic E-state index is 0.0363. The average molecular weight is 866 g/mol. The van der Waals surface area contributed by atoms with Gasteiger partial charge >= 0.3 is 23.5 Å². The second-order valence-electron chi connectivity index (χ2n) is 12.1. The van der Waals surface area contributed by atoms with E-state index in [4.69, 9.17) is 19.5 Å². The minimum Gasteiger partial charge on any atom is -0.386 e. The number of thiol groups is 1. The van der Waals surface area contributed by atoms with Crippen LogP contribution in [0.15, 0.2) is 24.8 Å². The summed E-state index contributed by atoms with van der Waals surface area (Å²) in [5.41, 5.74) is 4.30. The Balaban J connectivity index is 0.00000136. The number of aromatic nitrogens is 4. The Hall–Kier alpha value is -2.70. The number of amides is 2. The third-order valence-corrected chi connectivity index (χ3v) is 10.5. The zero-order chi connectivity index (χ0) is 41.6. The van der Waals surface area contributed by atoms with E-state index in [0.29, 0.717) is 12.3 Å². The number of unbranched alkanes of at least 4 members (excludes halogenated alkanes) is 1. The smallest absolute Gasteiger partial charge is 0.386 e. The van der Waals surface area contributed by atoms with Gasteiger partial charge in [0.25, 0.3) is 0 Å². The van der Waals surface area contributed by atoms with Crippen molar-refractivity contribution >= 4 is 71.2 Å². The van der Waals surface area contributed by atoms with Crippen molar-refractivity contribution in [2.24, 2.45) is 5.41 Å². The van der Waals surface area contributed by atoms with E-state index >= 15 is 0 Å². The number of aliphatic hydroxyl groups excluding tert-OH is 2. The molecule has 3 heterocycles. The summed E-state index contributed by atoms with van der Waals surface area (Å²) in [6, 6.07) is 0. The van der Waals surface area contributed by atoms with Crippen molar-refractivity contribution in [3.05, 3.63) is 24.8 Å². The van der Waals surface area contributed by atoms with Crippen molar-refractivity contribution in [2.75, 3.05) is 37.8 Å². The number of aliphatic hydroxyl groups is 2. The molecule has 0 aromatic carbocycles. The van der Waals surface area contributed by atoms with Crippen molar-refractivity contribution in [2.45, 2.75) is 70.7 Å². The van der Waals surface area contributed by atoms with Gasteiger partial charge in [-0.1, -0.05) is 33.3 Å². The zero-order valence-electron chi connectivity index (χ0n) is 29.8. The lowest BCUT2D eigenvalue weighted by molar-refractivity contribution is -0.137. The molecule has 55 heavy (non-hydrogen) atoms. The Bertz CT molecular complexity index is 1760. The molecule has 1 saturated heterocycles. The van der Waals surface area contributed by atoms with Crippen LogP contribution in [0.4, 0.5) is 5.82 Å². The standard InChI is InChI=1S/C21H36N7O16P3S.C6H10O/c1-21(2,16(31)19(32)24-4-3-12(29)23-5-6-48)8-41-47(38,39)44-46(36,37)40-7-11-15(43-45(33,34)35)14(30)20(42-11)28-10-27-13-17(22)25-9-26-18(13)28;1-2-3-4-5-6-7/h9-11,14-16,20,30-31,48H,3-8H2,1-2H3,(H,23,29)(H,24,32)(H,36,37)(H,38,39)(H2,22,25,26)(H2,33,34,35);4-6H,2-3H2,1H3/b;5-4+/t11-,14-,15-,16+,20-;/m1./s1. The maximum atomic E-state index is 12.6. The number of carbonyl (C=O) groups excluding carboxylic acids is 3. The molecule has 0 spiro atoms. The highest BCUT2D eigenvalue weighted by Crippen LogP contribution is 2.61. The number of anilines is 1. The van der Waals surface area contributed by atoms with Gasteiger partial charge in [0.15, 0.2) is 17.7 Å². The molecule has 2 unspecified atom stereocenters. The predicted molar refractivity (Wildman–Crippen MR) is 194 cm³/mol. The van der Waals surface area contributed by atoms with Crippen molar-refractivity contribution in [1.29, 1.82) is 0 Å². The molecular formula is C27H46N7O17P3S. The molecule has 1 aliphatic rings. The van der Waals surface area contributed by atoms with E-state index in [1.54, 1.807) is 0 Å². The maximum absolute atomic E-state index is 12.6. The molecular weight excluding hydrogens is 819 g/mol. The van der Waals surface area contributed by atoms with Crippen LogP contribution in [0.3, 0.4) is 0 Å². The van der Waals surface area contributed by atoms with Crippen LogP contribution < -0.4 is 16.4 Å². The Kier molecular flexibility index (Phi) is 19.1. The number of ether oxygens (including phenoxy) is 1. The van der Waals surface area contributed by atoms with E-state index in [2.05, 4.69) is 54.0 Å². The number of phosphoric ester groups is 3. The monoisotopic (exact) mass is 865 g/mol. The topological polar surface area (TPSA) is 364 Å². The van der Waals surface area contributed by atoms with Crippen LogP contribution in [0.2, 0.25) is 0 Å². The molecule has 2 aromatic rings. The summed E-state index contributed by atoms with van der Waals surface area (Å²) in [7, 11) is -16.3. The first-order valence-corrected chi connectivity index (χ1v) is 21.3. The summed E-state index contributed by atoms with van der Waals surface area (Å²) >= 11 is 3.95. The van der Waals surface area contributed by atoms with Crippen LogP contribution in [0.25, 0.3) is 11.2 Å². The van der Waals surface area contributed by atoms with E-state index in [-0.39, 0.29) is 35.9 Å². The molecule has 0 saturated carbocycles. The van der Waals surface area contributed by atoms with E-state index in [1.165, 1.54) is 19.9 Å². The number of nitrogens with zero attached hydrogens (tertiary/aromatic N) is 4. The lowest BCUT2D eigenvalue weighted by Gasteiger charge is -2.30. The lowest BCUT2D eigenvalue weighted by atomic mass is 9.87. The number of hydrogen-bond donors (Lipinski definition) is 10. The number of hydrogen-bond acceptors (Lipinski definition) is 18. The summed E-state index contributed by atoms with van der Waals surface area (Å²) in [6.45, 7) is 2.80. The number of aldehydes is 1. The molecule has 24 nitrogen and oxygen atoms in total. The molecule has 0 aliphatic carbocycles. The third kappa shape index (κ3) is 16.0. The van der Waals surface area contributed by atoms with Gasteiger partial charge in [0.2, 0.25) is 11.8 Å². The van der Waals surface area contributed by atoms with E-state index < -0.39 is 78.6 Å². The first kappa shape index (κ1) is 48.4. The largest absolute Gasteiger partial charge is 0.481 e. The Morgan fingerprint density at radius 2 is 1.78 bits per heavy atom. The second-order valence-corrected chi connectivity index (χ2v) is 16.8. The zero-order valence-corrected chi connectivity index (χ0v) is 33.3. The van der Waals surface area contributed by atoms with Gasteiger partial charge in [-0.3, -0.25) is 32.5 Å². The summed E-state index contributed by atoms with van der Waals surface area (Å²) in [5, 5.41) is 26.1. The molecule has 28 heteroatoms. The summed E-state index contributed by atoms with van der Waals surface area (Å²) in [6.07, 6.45) is -0.411. The van der Waals surface area contributed by atoms with Gasteiger partial charge < -0.3 is 50.9 Å². The van der Waals surface area contributed by atoms with Crippen LogP contribution >= 0.6 is 36.1 Å². The Morgan fingerprint density at radius 1 is 1.11 bits per heavy atom. The first-order valence-electron chi connectivity index (χ1n) is 16.2. The molecule has 1 aliphatic heterocycles. The normalized spacial score (nSPS) is 21.6. The number of phosphoric acid groups is 3. The van der Waals surface area contributed by atoms with Gasteiger partial charge in [0.1, 0.15) is 42.5 Å². The molecule has 1 fully saturated rings. The SMILES string of the molecule is CC(C)(COP(=O)(O)OP(=O)(O)OC[C@H]1O[C@@H](n2cnc3c(N)ncnc32)[C@H](O)[C@@H]1OP(=O)(O)O)[C@@H](O)C(=O)NCCC(=O)NCCS.CCC/C=C/C=O. The number of imidazole rings is 1. The summed E-state index contributed by atoms with van der Waals surface area (Å²) < 4.78 is 61.7. The van der Waals surface area contributed by atoms with Crippen LogP contribution in [-0.2, 0) is 50.7 Å². The van der Waals surface area contributed by atoms with E-state index in [9.17, 15) is 57.9 Å². The molecule has 2 amide bonds. The van der Waals surface area contributed by atoms with Crippen molar-refractivity contribution < 1.29 is 80.5 Å². The van der Waals surface area contributed by atoms with Crippen molar-refractivity contribution in [3.63, 3.8) is 0 Å². The van der Waals surface area contributed by atoms with Gasteiger partial charge in [0.05, 0.1) is 19.5 Å². The number of carbonyl (C=O) groups is 3. The Morgan fingerprint density at radius 3 is 2.40 bits per heavy atom. The van der Waals surface area contributed by atoms with Gasteiger partial charge in [-0.2, -0.15) is 16.9 Å². The fourth-order valence-electron chi connectivity index (χ4n) is 4.45. The molecule has 10 N–H and O–H groups in total. The number of allylic oxidation sites excluding steroid dienone is 2. The quantitative estimate of drug-likeness (QED) is 0.0338. The number of nitrogen functional groups attached to an aromatic ring is 1. The van der Waals surface area contributed by atoms with E-state index in [1.807, 2.05) is 6.08 Å². The number of fused-ring (bicyclic) bond motifs is 1. The second kappa shape index (κ2) is 21.7. The molecule has 7 atom stereocenters. The van der Waals surface area contributed by atoms with Gasteiger partial charge in [-0.05, 0) is 12.5 Å². The van der Waals surface area contributed by atoms with Crippen molar-refractivity contribution in [1.82, 2.24) is 30.2 Å². The lowest BCUT2D eigenvalue weighted by Crippen LogP contribution is -2.46. The number of nitrogens with one attached hydrogen (secondary N) is 2. The summed E-state index contributed by atoms with van der Waals surface area (Å²) in [5.74, 6) is -0.943. The fourth-order valence-corrected chi connectivity index (χ4v) is 7.39. The highest BCUT2D eigenvalue weighted by atomic mass is 32.1. The van der Waals surface area contributed by atoms with E-state index in [0.717, 1.165) is 36.3 Å². The molecule has 0 radical (unpaired) electrons. The van der Waals surface area contributed by atoms with Gasteiger partial charge in [-0.25, -0.2) is 28.6 Å². The predicted octanol–water partition coefficient (Wildman–Crippen LogP) is -0.124. The van der Waals surface area contributed by atoms with Crippen molar-refractivity contribution in [3.8, 4) is 0 Å². The van der Waals surface area contributed by atoms with Crippen LogP contribution in [0.5, 0.6) is 0 Å². The van der Waals surface area contributed by atoms with Gasteiger partial charge in [0, 0.05) is 30.7 Å². The highest BCUT2D eigenvalue weighted by Gasteiger charge is 2.50.